The minimum Gasteiger partial charge on any atom is -0.332 e. The van der Waals surface area contributed by atoms with E-state index in [4.69, 9.17) is 5.84 Å². The Balaban J connectivity index is 1.74. The molecule has 6 heteroatoms. The van der Waals surface area contributed by atoms with Gasteiger partial charge in [0.1, 0.15) is 0 Å². The highest BCUT2D eigenvalue weighted by Crippen LogP contribution is 2.31. The second-order valence-corrected chi connectivity index (χ2v) is 5.86. The zero-order valence-electron chi connectivity index (χ0n) is 11.0. The third-order valence-electron chi connectivity index (χ3n) is 3.38. The summed E-state index contributed by atoms with van der Waals surface area (Å²) < 4.78 is 0. The van der Waals surface area contributed by atoms with Gasteiger partial charge in [0, 0.05) is 16.1 Å². The number of fused-ring (bicyclic) bond motifs is 1. The molecule has 2 aromatic rings. The standard InChI is InChI=1S/C14H16N4OS/c15-18-13(19)9-5-7-10(8-6-9)16-14-17-11-3-1-2-4-12(11)20-14/h5-8H,1-4,15H2,(H,16,17)(H,18,19). The average molecular weight is 288 g/mol. The van der Waals surface area contributed by atoms with E-state index >= 15 is 0 Å². The molecule has 1 amide bonds. The fourth-order valence-electron chi connectivity index (χ4n) is 2.32. The first-order valence-electron chi connectivity index (χ1n) is 6.63. The molecule has 3 rings (SSSR count). The summed E-state index contributed by atoms with van der Waals surface area (Å²) in [6, 6.07) is 7.17. The van der Waals surface area contributed by atoms with Crippen molar-refractivity contribution in [1.29, 1.82) is 0 Å². The molecular formula is C14H16N4OS. The highest BCUT2D eigenvalue weighted by atomic mass is 32.1. The van der Waals surface area contributed by atoms with Crippen molar-refractivity contribution in [2.24, 2.45) is 5.84 Å². The average Bonchev–Trinajstić information content (AvgIpc) is 2.89. The van der Waals surface area contributed by atoms with Crippen LogP contribution in [0.2, 0.25) is 0 Å². The Bertz CT molecular complexity index is 597. The zero-order chi connectivity index (χ0) is 13.9. The number of hydrazine groups is 1. The van der Waals surface area contributed by atoms with E-state index in [1.807, 2.05) is 12.1 Å². The van der Waals surface area contributed by atoms with E-state index in [0.29, 0.717) is 5.56 Å². The third kappa shape index (κ3) is 2.66. The Labute approximate surface area is 121 Å². The van der Waals surface area contributed by atoms with Gasteiger partial charge >= 0.3 is 0 Å². The van der Waals surface area contributed by atoms with E-state index in [9.17, 15) is 4.79 Å². The van der Waals surface area contributed by atoms with Gasteiger partial charge in [-0.05, 0) is 49.9 Å². The van der Waals surface area contributed by atoms with Crippen LogP contribution >= 0.6 is 11.3 Å². The molecule has 0 aliphatic heterocycles. The quantitative estimate of drug-likeness (QED) is 0.460. The topological polar surface area (TPSA) is 80.0 Å². The number of rotatable bonds is 3. The summed E-state index contributed by atoms with van der Waals surface area (Å²) in [4.78, 5) is 17.4. The monoisotopic (exact) mass is 288 g/mol. The molecule has 0 fully saturated rings. The van der Waals surface area contributed by atoms with Gasteiger partial charge in [0.25, 0.3) is 5.91 Å². The summed E-state index contributed by atoms with van der Waals surface area (Å²) in [7, 11) is 0. The number of hydrogen-bond acceptors (Lipinski definition) is 5. The van der Waals surface area contributed by atoms with Gasteiger partial charge in [-0.15, -0.1) is 11.3 Å². The van der Waals surface area contributed by atoms with Crippen LogP contribution in [0.3, 0.4) is 0 Å². The van der Waals surface area contributed by atoms with Gasteiger partial charge < -0.3 is 5.32 Å². The van der Waals surface area contributed by atoms with Gasteiger partial charge in [-0.25, -0.2) is 10.8 Å². The molecule has 1 aromatic heterocycles. The summed E-state index contributed by atoms with van der Waals surface area (Å²) >= 11 is 1.72. The summed E-state index contributed by atoms with van der Waals surface area (Å²) in [5.74, 6) is 4.81. The van der Waals surface area contributed by atoms with E-state index in [1.54, 1.807) is 23.5 Å². The molecule has 0 bridgehead atoms. The van der Waals surface area contributed by atoms with Crippen LogP contribution in [0.5, 0.6) is 0 Å². The number of nitrogens with one attached hydrogen (secondary N) is 2. The van der Waals surface area contributed by atoms with Crippen LogP contribution in [-0.2, 0) is 12.8 Å². The molecule has 5 nitrogen and oxygen atoms in total. The van der Waals surface area contributed by atoms with Crippen molar-refractivity contribution in [3.05, 3.63) is 40.4 Å². The smallest absolute Gasteiger partial charge is 0.265 e. The molecule has 0 saturated heterocycles. The summed E-state index contributed by atoms with van der Waals surface area (Å²) in [6.45, 7) is 0. The van der Waals surface area contributed by atoms with Crippen LogP contribution in [0.25, 0.3) is 0 Å². The molecule has 0 saturated carbocycles. The Hall–Kier alpha value is -1.92. The fourth-order valence-corrected chi connectivity index (χ4v) is 3.39. The molecule has 0 spiro atoms. The number of thiazole rings is 1. The van der Waals surface area contributed by atoms with Gasteiger partial charge in [-0.3, -0.25) is 10.2 Å². The molecule has 0 radical (unpaired) electrons. The number of aromatic nitrogens is 1. The maximum absolute atomic E-state index is 11.3. The van der Waals surface area contributed by atoms with Crippen LogP contribution in [0.15, 0.2) is 24.3 Å². The van der Waals surface area contributed by atoms with Crippen LogP contribution in [0.4, 0.5) is 10.8 Å². The van der Waals surface area contributed by atoms with Crippen LogP contribution in [0.1, 0.15) is 33.8 Å². The van der Waals surface area contributed by atoms with Gasteiger partial charge in [-0.1, -0.05) is 0 Å². The minimum absolute atomic E-state index is 0.290. The van der Waals surface area contributed by atoms with Crippen molar-refractivity contribution in [3.63, 3.8) is 0 Å². The SMILES string of the molecule is NNC(=O)c1ccc(Nc2nc3c(s2)CCCC3)cc1. The number of amides is 1. The second-order valence-electron chi connectivity index (χ2n) is 4.77. The molecule has 104 valence electrons. The van der Waals surface area contributed by atoms with Crippen molar-refractivity contribution in [2.45, 2.75) is 25.7 Å². The lowest BCUT2D eigenvalue weighted by Crippen LogP contribution is -2.29. The lowest BCUT2D eigenvalue weighted by Gasteiger charge is -2.06. The van der Waals surface area contributed by atoms with Crippen LogP contribution < -0.4 is 16.6 Å². The lowest BCUT2D eigenvalue weighted by molar-refractivity contribution is 0.0953. The predicted molar refractivity (Wildman–Crippen MR) is 80.1 cm³/mol. The highest BCUT2D eigenvalue weighted by Gasteiger charge is 2.15. The van der Waals surface area contributed by atoms with Gasteiger partial charge in [0.2, 0.25) is 0 Å². The molecular weight excluding hydrogens is 272 g/mol. The molecule has 0 atom stereocenters. The van der Waals surface area contributed by atoms with E-state index in [2.05, 4.69) is 15.7 Å². The summed E-state index contributed by atoms with van der Waals surface area (Å²) in [5, 5.41) is 4.21. The van der Waals surface area contributed by atoms with E-state index < -0.39 is 0 Å². The highest BCUT2D eigenvalue weighted by molar-refractivity contribution is 7.15. The summed E-state index contributed by atoms with van der Waals surface area (Å²) in [5.41, 5.74) is 4.81. The number of hydrogen-bond donors (Lipinski definition) is 3. The number of nitrogens with zero attached hydrogens (tertiary/aromatic N) is 1. The minimum atomic E-state index is -0.290. The fraction of sp³-hybridized carbons (Fsp3) is 0.286. The van der Waals surface area contributed by atoms with Crippen molar-refractivity contribution < 1.29 is 4.79 Å². The first-order valence-corrected chi connectivity index (χ1v) is 7.44. The molecule has 1 aromatic carbocycles. The molecule has 1 aliphatic carbocycles. The van der Waals surface area contributed by atoms with Crippen molar-refractivity contribution in [2.75, 3.05) is 5.32 Å². The van der Waals surface area contributed by atoms with E-state index in [1.165, 1.54) is 23.4 Å². The largest absolute Gasteiger partial charge is 0.332 e. The lowest BCUT2D eigenvalue weighted by atomic mass is 10.0. The first-order chi connectivity index (χ1) is 9.76. The second kappa shape index (κ2) is 5.60. The summed E-state index contributed by atoms with van der Waals surface area (Å²) in [6.07, 6.45) is 4.73. The number of aryl methyl sites for hydroxylation is 2. The van der Waals surface area contributed by atoms with Gasteiger partial charge in [-0.2, -0.15) is 0 Å². The number of nitrogen functional groups attached to an aromatic ring is 1. The number of nitrogens with two attached hydrogens (primary N) is 1. The number of benzene rings is 1. The van der Waals surface area contributed by atoms with Gasteiger partial charge in [0.05, 0.1) is 5.69 Å². The van der Waals surface area contributed by atoms with Gasteiger partial charge in [0.15, 0.2) is 5.13 Å². The van der Waals surface area contributed by atoms with Crippen molar-refractivity contribution >= 4 is 28.1 Å². The van der Waals surface area contributed by atoms with Crippen molar-refractivity contribution in [1.82, 2.24) is 10.4 Å². The zero-order valence-corrected chi connectivity index (χ0v) is 11.8. The molecule has 4 N–H and O–H groups in total. The third-order valence-corrected chi connectivity index (χ3v) is 4.45. The maximum Gasteiger partial charge on any atom is 0.265 e. The first kappa shape index (κ1) is 13.1. The Morgan fingerprint density at radius 3 is 2.65 bits per heavy atom. The molecule has 1 aliphatic rings. The van der Waals surface area contributed by atoms with Crippen LogP contribution in [0, 0.1) is 0 Å². The molecule has 20 heavy (non-hydrogen) atoms. The van der Waals surface area contributed by atoms with E-state index in [0.717, 1.165) is 23.7 Å². The Morgan fingerprint density at radius 2 is 1.95 bits per heavy atom. The van der Waals surface area contributed by atoms with Crippen LogP contribution in [-0.4, -0.2) is 10.9 Å². The van der Waals surface area contributed by atoms with Crippen molar-refractivity contribution in [3.8, 4) is 0 Å². The molecule has 0 unspecified atom stereocenters. The Morgan fingerprint density at radius 1 is 1.20 bits per heavy atom. The number of carbonyl (C=O) groups excluding carboxylic acids is 1. The predicted octanol–water partition coefficient (Wildman–Crippen LogP) is 2.37. The number of anilines is 2. The normalized spacial score (nSPS) is 13.7. The maximum atomic E-state index is 11.3. The molecule has 1 heterocycles. The van der Waals surface area contributed by atoms with E-state index in [-0.39, 0.29) is 5.91 Å². The number of carbonyl (C=O) groups is 1. The Kier molecular flexibility index (Phi) is 3.66.